The first-order chi connectivity index (χ1) is 7.08. The standard InChI is InChI=1S/C12H17NO2/c1-4-9-6-10(5-2)8-11(7-9)13(3)12(14)15/h6-8H,4-5H2,1-3H3,(H,14,15)/p-1. The number of carbonyl (C=O) groups is 1. The molecule has 15 heavy (non-hydrogen) atoms. The Morgan fingerprint density at radius 1 is 1.20 bits per heavy atom. The number of rotatable bonds is 3. The molecule has 0 aromatic heterocycles. The Hall–Kier alpha value is -1.51. The predicted octanol–water partition coefficient (Wildman–Crippen LogP) is 1.59. The van der Waals surface area contributed by atoms with Crippen LogP contribution in [0.5, 0.6) is 0 Å². The highest BCUT2D eigenvalue weighted by molar-refractivity contribution is 5.84. The second-order valence-electron chi connectivity index (χ2n) is 3.54. The second kappa shape index (κ2) is 4.82. The average molecular weight is 206 g/mol. The third kappa shape index (κ3) is 2.72. The molecule has 0 spiro atoms. The first kappa shape index (κ1) is 11.6. The zero-order valence-electron chi connectivity index (χ0n) is 9.41. The SMILES string of the molecule is CCc1cc(CC)cc(N(C)C(=O)[O-])c1. The topological polar surface area (TPSA) is 43.4 Å². The van der Waals surface area contributed by atoms with Gasteiger partial charge in [-0.3, -0.25) is 0 Å². The number of benzene rings is 1. The first-order valence-electron chi connectivity index (χ1n) is 5.16. The normalized spacial score (nSPS) is 10.1. The van der Waals surface area contributed by atoms with E-state index in [4.69, 9.17) is 0 Å². The molecule has 1 rings (SSSR count). The van der Waals surface area contributed by atoms with E-state index in [1.807, 2.05) is 12.1 Å². The molecule has 0 atom stereocenters. The maximum Gasteiger partial charge on any atom is 0.141 e. The molecule has 0 aliphatic carbocycles. The summed E-state index contributed by atoms with van der Waals surface area (Å²) in [6.45, 7) is 4.11. The van der Waals surface area contributed by atoms with Crippen LogP contribution < -0.4 is 10.0 Å². The molecule has 1 aromatic carbocycles. The van der Waals surface area contributed by atoms with Crippen molar-refractivity contribution in [3.8, 4) is 0 Å². The fourth-order valence-electron chi connectivity index (χ4n) is 1.45. The van der Waals surface area contributed by atoms with E-state index < -0.39 is 6.09 Å². The molecule has 82 valence electrons. The number of anilines is 1. The van der Waals surface area contributed by atoms with Gasteiger partial charge >= 0.3 is 0 Å². The fraction of sp³-hybridized carbons (Fsp3) is 0.417. The Morgan fingerprint density at radius 3 is 2.00 bits per heavy atom. The second-order valence-corrected chi connectivity index (χ2v) is 3.54. The van der Waals surface area contributed by atoms with Gasteiger partial charge in [-0.2, -0.15) is 0 Å². The number of nitrogens with zero attached hydrogens (tertiary/aromatic N) is 1. The third-order valence-corrected chi connectivity index (χ3v) is 2.52. The van der Waals surface area contributed by atoms with E-state index in [0.717, 1.165) is 28.9 Å². The summed E-state index contributed by atoms with van der Waals surface area (Å²) < 4.78 is 0. The van der Waals surface area contributed by atoms with E-state index in [-0.39, 0.29) is 0 Å². The highest BCUT2D eigenvalue weighted by atomic mass is 16.4. The molecule has 1 amide bonds. The van der Waals surface area contributed by atoms with Crippen LogP contribution in [0.1, 0.15) is 25.0 Å². The summed E-state index contributed by atoms with van der Waals surface area (Å²) in [4.78, 5) is 11.9. The van der Waals surface area contributed by atoms with Gasteiger partial charge in [-0.1, -0.05) is 19.9 Å². The van der Waals surface area contributed by atoms with Crippen LogP contribution in [0.4, 0.5) is 10.5 Å². The largest absolute Gasteiger partial charge is 0.530 e. The minimum absolute atomic E-state index is 0.686. The van der Waals surface area contributed by atoms with Crippen molar-refractivity contribution in [2.45, 2.75) is 26.7 Å². The molecule has 0 heterocycles. The molecule has 3 nitrogen and oxygen atoms in total. The smallest absolute Gasteiger partial charge is 0.141 e. The van der Waals surface area contributed by atoms with Crippen LogP contribution in [-0.4, -0.2) is 13.1 Å². The maximum atomic E-state index is 10.7. The quantitative estimate of drug-likeness (QED) is 0.753. The van der Waals surface area contributed by atoms with Gasteiger partial charge in [0.1, 0.15) is 6.09 Å². The monoisotopic (exact) mass is 206 g/mol. The number of amides is 1. The lowest BCUT2D eigenvalue weighted by atomic mass is 10.1. The molecule has 0 unspecified atom stereocenters. The van der Waals surface area contributed by atoms with Gasteiger partial charge in [0, 0.05) is 12.7 Å². The highest BCUT2D eigenvalue weighted by Gasteiger charge is 2.04. The Morgan fingerprint density at radius 2 is 1.67 bits per heavy atom. The molecule has 0 bridgehead atoms. The molecule has 0 N–H and O–H groups in total. The molecule has 0 saturated heterocycles. The minimum Gasteiger partial charge on any atom is -0.530 e. The third-order valence-electron chi connectivity index (χ3n) is 2.52. The van der Waals surface area contributed by atoms with E-state index in [1.165, 1.54) is 7.05 Å². The van der Waals surface area contributed by atoms with Crippen molar-refractivity contribution in [2.75, 3.05) is 11.9 Å². The van der Waals surface area contributed by atoms with Crippen molar-refractivity contribution in [1.29, 1.82) is 0 Å². The summed E-state index contributed by atoms with van der Waals surface area (Å²) in [7, 11) is 1.50. The van der Waals surface area contributed by atoms with Gasteiger partial charge in [0.15, 0.2) is 0 Å². The lowest BCUT2D eigenvalue weighted by Crippen LogP contribution is -2.38. The molecule has 1 aromatic rings. The van der Waals surface area contributed by atoms with Crippen molar-refractivity contribution >= 4 is 11.8 Å². The van der Waals surface area contributed by atoms with Crippen LogP contribution in [0.2, 0.25) is 0 Å². The van der Waals surface area contributed by atoms with E-state index >= 15 is 0 Å². The van der Waals surface area contributed by atoms with Gasteiger partial charge in [-0.05, 0) is 36.1 Å². The molecule has 0 radical (unpaired) electrons. The van der Waals surface area contributed by atoms with Gasteiger partial charge in [-0.25, -0.2) is 0 Å². The lowest BCUT2D eigenvalue weighted by molar-refractivity contribution is -0.246. The molecule has 0 fully saturated rings. The van der Waals surface area contributed by atoms with E-state index in [1.54, 1.807) is 0 Å². The van der Waals surface area contributed by atoms with Gasteiger partial charge in [0.05, 0.1) is 0 Å². The average Bonchev–Trinajstić information content (AvgIpc) is 2.27. The summed E-state index contributed by atoms with van der Waals surface area (Å²) in [5, 5.41) is 10.7. The Kier molecular flexibility index (Phi) is 3.72. The van der Waals surface area contributed by atoms with Crippen LogP contribution in [0.15, 0.2) is 18.2 Å². The zero-order chi connectivity index (χ0) is 11.4. The lowest BCUT2D eigenvalue weighted by Gasteiger charge is -2.21. The first-order valence-corrected chi connectivity index (χ1v) is 5.16. The number of carbonyl (C=O) groups excluding carboxylic acids is 1. The molecule has 0 saturated carbocycles. The van der Waals surface area contributed by atoms with Crippen LogP contribution in [0, 0.1) is 0 Å². The Labute approximate surface area is 90.3 Å². The van der Waals surface area contributed by atoms with Crippen LogP contribution in [0.25, 0.3) is 0 Å². The fourth-order valence-corrected chi connectivity index (χ4v) is 1.45. The van der Waals surface area contributed by atoms with Crippen LogP contribution in [0.3, 0.4) is 0 Å². The molecular formula is C12H16NO2-. The summed E-state index contributed by atoms with van der Waals surface area (Å²) in [6, 6.07) is 5.87. The Balaban J connectivity index is 3.11. The van der Waals surface area contributed by atoms with Gasteiger partial charge < -0.3 is 14.8 Å². The number of carboxylic acid groups (broad SMARTS) is 1. The number of aryl methyl sites for hydroxylation is 2. The molecular weight excluding hydrogens is 190 g/mol. The molecule has 0 aliphatic heterocycles. The van der Waals surface area contributed by atoms with Crippen LogP contribution >= 0.6 is 0 Å². The minimum atomic E-state index is -1.18. The molecule has 3 heteroatoms. The number of hydrogen-bond donors (Lipinski definition) is 0. The van der Waals surface area contributed by atoms with E-state index in [0.29, 0.717) is 5.69 Å². The van der Waals surface area contributed by atoms with Crippen molar-refractivity contribution in [3.63, 3.8) is 0 Å². The summed E-state index contributed by atoms with van der Waals surface area (Å²) in [5.74, 6) is 0. The molecule has 0 aliphatic rings. The Bertz CT molecular complexity index is 338. The van der Waals surface area contributed by atoms with Gasteiger partial charge in [0.2, 0.25) is 0 Å². The van der Waals surface area contributed by atoms with Gasteiger partial charge in [-0.15, -0.1) is 0 Å². The van der Waals surface area contributed by atoms with Crippen molar-refractivity contribution in [2.24, 2.45) is 0 Å². The predicted molar refractivity (Wildman–Crippen MR) is 59.0 cm³/mol. The van der Waals surface area contributed by atoms with Crippen LogP contribution in [-0.2, 0) is 12.8 Å². The van der Waals surface area contributed by atoms with E-state index in [9.17, 15) is 9.90 Å². The zero-order valence-corrected chi connectivity index (χ0v) is 9.41. The van der Waals surface area contributed by atoms with E-state index in [2.05, 4.69) is 19.9 Å². The maximum absolute atomic E-state index is 10.7. The summed E-state index contributed by atoms with van der Waals surface area (Å²) in [6.07, 6.45) is 0.633. The summed E-state index contributed by atoms with van der Waals surface area (Å²) in [5.41, 5.74) is 2.99. The number of hydrogen-bond acceptors (Lipinski definition) is 2. The van der Waals surface area contributed by atoms with Crippen molar-refractivity contribution < 1.29 is 9.90 Å². The van der Waals surface area contributed by atoms with Gasteiger partial charge in [0.25, 0.3) is 0 Å². The summed E-state index contributed by atoms with van der Waals surface area (Å²) >= 11 is 0. The van der Waals surface area contributed by atoms with Crippen molar-refractivity contribution in [1.82, 2.24) is 0 Å². The van der Waals surface area contributed by atoms with Crippen molar-refractivity contribution in [3.05, 3.63) is 29.3 Å². The highest BCUT2D eigenvalue weighted by Crippen LogP contribution is 2.19.